The van der Waals surface area contributed by atoms with Crippen LogP contribution in [-0.2, 0) is 0 Å². The summed E-state index contributed by atoms with van der Waals surface area (Å²) in [4.78, 5) is 0. The Balaban J connectivity index is 2.41. The Morgan fingerprint density at radius 2 is 1.85 bits per heavy atom. The molecule has 0 aliphatic rings. The second kappa shape index (κ2) is 6.50. The van der Waals surface area contributed by atoms with E-state index in [1.807, 2.05) is 30.4 Å². The third-order valence-corrected chi connectivity index (χ3v) is 1.83. The first-order valence-corrected chi connectivity index (χ1v) is 4.91. The molecule has 0 unspecified atom stereocenters. The summed E-state index contributed by atoms with van der Waals surface area (Å²) in [6.07, 6.45) is 9.12. The molecule has 0 spiro atoms. The number of halogens is 1. The van der Waals surface area contributed by atoms with Crippen molar-refractivity contribution in [1.29, 1.82) is 0 Å². The van der Waals surface area contributed by atoms with Crippen molar-refractivity contribution >= 4 is 17.7 Å². The molecular formula is C12H13Cl. The average molecular weight is 193 g/mol. The van der Waals surface area contributed by atoms with E-state index in [1.54, 1.807) is 0 Å². The summed E-state index contributed by atoms with van der Waals surface area (Å²) in [5, 5.41) is 0. The van der Waals surface area contributed by atoms with Gasteiger partial charge in [-0.05, 0) is 12.0 Å². The van der Waals surface area contributed by atoms with Gasteiger partial charge in [0.1, 0.15) is 0 Å². The Morgan fingerprint density at radius 3 is 2.54 bits per heavy atom. The Hall–Kier alpha value is -1.01. The Labute approximate surface area is 84.5 Å². The highest BCUT2D eigenvalue weighted by atomic mass is 35.5. The van der Waals surface area contributed by atoms with E-state index in [1.165, 1.54) is 5.56 Å². The van der Waals surface area contributed by atoms with Crippen molar-refractivity contribution in [2.45, 2.75) is 6.42 Å². The summed E-state index contributed by atoms with van der Waals surface area (Å²) >= 11 is 5.52. The first-order chi connectivity index (χ1) is 6.43. The van der Waals surface area contributed by atoms with Gasteiger partial charge in [0.2, 0.25) is 0 Å². The summed E-state index contributed by atoms with van der Waals surface area (Å²) in [5.74, 6) is 0.690. The van der Waals surface area contributed by atoms with Crippen molar-refractivity contribution in [1.82, 2.24) is 0 Å². The van der Waals surface area contributed by atoms with E-state index in [0.29, 0.717) is 5.88 Å². The fraction of sp³-hybridized carbons (Fsp3) is 0.167. The predicted molar refractivity (Wildman–Crippen MR) is 60.0 cm³/mol. The number of benzene rings is 1. The molecule has 0 nitrogen and oxygen atoms in total. The number of hydrogen-bond donors (Lipinski definition) is 0. The van der Waals surface area contributed by atoms with Gasteiger partial charge in [0, 0.05) is 5.88 Å². The van der Waals surface area contributed by atoms with Gasteiger partial charge < -0.3 is 0 Å². The zero-order valence-electron chi connectivity index (χ0n) is 7.49. The number of allylic oxidation sites excluding steroid dienone is 3. The van der Waals surface area contributed by atoms with Gasteiger partial charge in [-0.15, -0.1) is 11.6 Å². The van der Waals surface area contributed by atoms with Crippen LogP contribution < -0.4 is 0 Å². The highest BCUT2D eigenvalue weighted by Gasteiger charge is 1.79. The van der Waals surface area contributed by atoms with Crippen LogP contribution in [0.4, 0.5) is 0 Å². The third-order valence-electron chi connectivity index (χ3n) is 1.61. The van der Waals surface area contributed by atoms with Crippen LogP contribution in [-0.4, -0.2) is 5.88 Å². The van der Waals surface area contributed by atoms with Crippen molar-refractivity contribution in [3.63, 3.8) is 0 Å². The molecule has 0 fully saturated rings. The second-order valence-corrected chi connectivity index (χ2v) is 3.05. The van der Waals surface area contributed by atoms with E-state index in [-0.39, 0.29) is 0 Å². The van der Waals surface area contributed by atoms with Gasteiger partial charge in [0.25, 0.3) is 0 Å². The molecule has 0 bridgehead atoms. The minimum absolute atomic E-state index is 0.690. The van der Waals surface area contributed by atoms with Crippen LogP contribution in [0.3, 0.4) is 0 Å². The van der Waals surface area contributed by atoms with Crippen molar-refractivity contribution in [2.24, 2.45) is 0 Å². The molecule has 68 valence electrons. The van der Waals surface area contributed by atoms with Crippen molar-refractivity contribution in [3.05, 3.63) is 54.1 Å². The first-order valence-electron chi connectivity index (χ1n) is 4.37. The minimum Gasteiger partial charge on any atom is -0.126 e. The van der Waals surface area contributed by atoms with Gasteiger partial charge >= 0.3 is 0 Å². The Kier molecular flexibility index (Phi) is 5.04. The summed E-state index contributed by atoms with van der Waals surface area (Å²) in [6.45, 7) is 0. The molecule has 1 heteroatoms. The van der Waals surface area contributed by atoms with E-state index in [9.17, 15) is 0 Å². The molecular weight excluding hydrogens is 180 g/mol. The monoisotopic (exact) mass is 192 g/mol. The molecule has 0 radical (unpaired) electrons. The maximum absolute atomic E-state index is 5.52. The lowest BCUT2D eigenvalue weighted by Gasteiger charge is -1.88. The smallest absolute Gasteiger partial charge is 0.0258 e. The Bertz CT molecular complexity index is 272. The molecule has 1 aromatic rings. The molecule has 0 N–H and O–H groups in total. The van der Waals surface area contributed by atoms with Crippen LogP contribution in [0.25, 0.3) is 6.08 Å². The standard InChI is InChI=1S/C12H13Cl/c13-11-7-2-1-4-8-12-9-5-3-6-10-12/h1-6,8-10H,7,11H2/b2-1+,8-4+. The highest BCUT2D eigenvalue weighted by Crippen LogP contribution is 2.00. The topological polar surface area (TPSA) is 0 Å². The maximum atomic E-state index is 5.52. The summed E-state index contributed by atoms with van der Waals surface area (Å²) < 4.78 is 0. The largest absolute Gasteiger partial charge is 0.126 e. The predicted octanol–water partition coefficient (Wildman–Crippen LogP) is 3.88. The second-order valence-electron chi connectivity index (χ2n) is 2.68. The summed E-state index contributed by atoms with van der Waals surface area (Å²) in [5.41, 5.74) is 1.22. The quantitative estimate of drug-likeness (QED) is 0.502. The average Bonchev–Trinajstić information content (AvgIpc) is 2.19. The van der Waals surface area contributed by atoms with E-state index in [0.717, 1.165) is 6.42 Å². The minimum atomic E-state index is 0.690. The molecule has 0 saturated heterocycles. The molecule has 13 heavy (non-hydrogen) atoms. The summed E-state index contributed by atoms with van der Waals surface area (Å²) in [7, 11) is 0. The fourth-order valence-corrected chi connectivity index (χ4v) is 1.09. The van der Waals surface area contributed by atoms with E-state index < -0.39 is 0 Å². The third kappa shape index (κ3) is 4.54. The number of hydrogen-bond acceptors (Lipinski definition) is 0. The summed E-state index contributed by atoms with van der Waals surface area (Å²) in [6, 6.07) is 10.2. The van der Waals surface area contributed by atoms with Gasteiger partial charge in [-0.2, -0.15) is 0 Å². The van der Waals surface area contributed by atoms with Crippen molar-refractivity contribution in [3.8, 4) is 0 Å². The van der Waals surface area contributed by atoms with Crippen molar-refractivity contribution < 1.29 is 0 Å². The molecule has 0 amide bonds. The normalized spacial score (nSPS) is 11.5. The molecule has 0 aliphatic heterocycles. The fourth-order valence-electron chi connectivity index (χ4n) is 0.969. The highest BCUT2D eigenvalue weighted by molar-refractivity contribution is 6.17. The van der Waals surface area contributed by atoms with Crippen LogP contribution in [0, 0.1) is 0 Å². The molecule has 0 aliphatic carbocycles. The SMILES string of the molecule is ClCC/C=C/C=C/c1ccccc1. The van der Waals surface area contributed by atoms with Gasteiger partial charge in [0.05, 0.1) is 0 Å². The van der Waals surface area contributed by atoms with E-state index in [4.69, 9.17) is 11.6 Å². The van der Waals surface area contributed by atoms with E-state index in [2.05, 4.69) is 24.3 Å². The lowest BCUT2D eigenvalue weighted by atomic mass is 10.2. The van der Waals surface area contributed by atoms with Gasteiger partial charge in [-0.3, -0.25) is 0 Å². The number of alkyl halides is 1. The van der Waals surface area contributed by atoms with Crippen LogP contribution >= 0.6 is 11.6 Å². The lowest BCUT2D eigenvalue weighted by Crippen LogP contribution is -1.67. The lowest BCUT2D eigenvalue weighted by molar-refractivity contribution is 1.24. The van der Waals surface area contributed by atoms with Crippen LogP contribution in [0.15, 0.2) is 48.6 Å². The van der Waals surface area contributed by atoms with Gasteiger partial charge in [-0.25, -0.2) is 0 Å². The molecule has 0 heterocycles. The molecule has 0 saturated carbocycles. The number of rotatable bonds is 4. The van der Waals surface area contributed by atoms with Crippen LogP contribution in [0.1, 0.15) is 12.0 Å². The molecule has 0 atom stereocenters. The Morgan fingerprint density at radius 1 is 1.08 bits per heavy atom. The zero-order valence-corrected chi connectivity index (χ0v) is 8.24. The van der Waals surface area contributed by atoms with Gasteiger partial charge in [-0.1, -0.05) is 54.6 Å². The zero-order chi connectivity index (χ0) is 9.36. The van der Waals surface area contributed by atoms with Crippen molar-refractivity contribution in [2.75, 3.05) is 5.88 Å². The molecule has 1 rings (SSSR count). The first kappa shape index (κ1) is 10.1. The molecule has 0 aromatic heterocycles. The molecule has 1 aromatic carbocycles. The van der Waals surface area contributed by atoms with Crippen LogP contribution in [0.5, 0.6) is 0 Å². The van der Waals surface area contributed by atoms with Crippen LogP contribution in [0.2, 0.25) is 0 Å². The van der Waals surface area contributed by atoms with E-state index >= 15 is 0 Å². The maximum Gasteiger partial charge on any atom is 0.0258 e. The van der Waals surface area contributed by atoms with Gasteiger partial charge in [0.15, 0.2) is 0 Å².